The maximum atomic E-state index is 12.5. The first-order chi connectivity index (χ1) is 12.3. The number of sulfonamides is 1. The fraction of sp³-hybridized carbons (Fsp3) is 0.353. The van der Waals surface area contributed by atoms with Crippen molar-refractivity contribution in [3.63, 3.8) is 0 Å². The van der Waals surface area contributed by atoms with Gasteiger partial charge < -0.3 is 5.32 Å². The number of likely N-dealkylation sites (tertiary alicyclic amines) is 1. The van der Waals surface area contributed by atoms with Crippen molar-refractivity contribution in [3.8, 4) is 0 Å². The molecule has 9 heteroatoms. The highest BCUT2D eigenvalue weighted by Gasteiger charge is 2.59. The number of nitrogens with two attached hydrogens (primary N) is 1. The first-order valence-corrected chi connectivity index (χ1v) is 9.76. The van der Waals surface area contributed by atoms with Gasteiger partial charge in [-0.05, 0) is 42.5 Å². The predicted molar refractivity (Wildman–Crippen MR) is 90.9 cm³/mol. The molecular formula is C17H17N3O5S. The Labute approximate surface area is 150 Å². The molecule has 4 atom stereocenters. The second-order valence-corrected chi connectivity index (χ2v) is 8.44. The van der Waals surface area contributed by atoms with Crippen LogP contribution >= 0.6 is 0 Å². The van der Waals surface area contributed by atoms with Crippen LogP contribution in [-0.2, 0) is 24.4 Å². The van der Waals surface area contributed by atoms with Crippen LogP contribution in [0.2, 0.25) is 0 Å². The second kappa shape index (κ2) is 5.75. The third-order valence-electron chi connectivity index (χ3n) is 5.33. The van der Waals surface area contributed by atoms with E-state index in [1.54, 1.807) is 0 Å². The van der Waals surface area contributed by atoms with Gasteiger partial charge in [-0.25, -0.2) is 13.6 Å². The zero-order valence-electron chi connectivity index (χ0n) is 13.7. The Hall–Kier alpha value is -2.52. The summed E-state index contributed by atoms with van der Waals surface area (Å²) >= 11 is 0. The Morgan fingerprint density at radius 1 is 1.08 bits per heavy atom. The standard InChI is InChI=1S/C17H17N3O5S/c18-26(24,25)12-5-3-11(4-6-12)19-13(21)8-20-16(22)14-9-1-2-10(7-9)15(14)17(20)23/h1-6,9-10,14-15H,7-8H2,(H,19,21)(H2,18,24,25)/t9-,10-,14-,15+/m0/s1. The van der Waals surface area contributed by atoms with E-state index in [1.165, 1.54) is 24.3 Å². The Kier molecular flexibility index (Phi) is 3.74. The molecule has 3 amide bonds. The van der Waals surface area contributed by atoms with Crippen LogP contribution in [0.4, 0.5) is 5.69 Å². The molecule has 1 saturated heterocycles. The number of hydrogen-bond acceptors (Lipinski definition) is 5. The quantitative estimate of drug-likeness (QED) is 0.569. The van der Waals surface area contributed by atoms with Crippen molar-refractivity contribution in [2.24, 2.45) is 28.8 Å². The van der Waals surface area contributed by atoms with Gasteiger partial charge in [0.25, 0.3) is 0 Å². The topological polar surface area (TPSA) is 127 Å². The Balaban J connectivity index is 1.43. The molecule has 26 heavy (non-hydrogen) atoms. The lowest BCUT2D eigenvalue weighted by Gasteiger charge is -2.16. The second-order valence-electron chi connectivity index (χ2n) is 6.88. The number of nitrogens with zero attached hydrogens (tertiary/aromatic N) is 1. The summed E-state index contributed by atoms with van der Waals surface area (Å²) in [5.74, 6) is -1.55. The molecule has 2 aliphatic carbocycles. The van der Waals surface area contributed by atoms with Crippen LogP contribution in [0, 0.1) is 23.7 Å². The molecular weight excluding hydrogens is 358 g/mol. The number of hydrogen-bond donors (Lipinski definition) is 2. The number of nitrogens with one attached hydrogen (secondary N) is 1. The largest absolute Gasteiger partial charge is 0.325 e. The molecule has 0 radical (unpaired) electrons. The summed E-state index contributed by atoms with van der Waals surface area (Å²) < 4.78 is 22.5. The van der Waals surface area contributed by atoms with E-state index in [0.29, 0.717) is 5.69 Å². The Morgan fingerprint density at radius 3 is 2.12 bits per heavy atom. The van der Waals surface area contributed by atoms with Crippen LogP contribution in [0.5, 0.6) is 0 Å². The highest BCUT2D eigenvalue weighted by molar-refractivity contribution is 7.89. The smallest absolute Gasteiger partial charge is 0.244 e. The number of imide groups is 1. The van der Waals surface area contributed by atoms with Gasteiger partial charge in [-0.2, -0.15) is 0 Å². The molecule has 8 nitrogen and oxygen atoms in total. The van der Waals surface area contributed by atoms with Crippen LogP contribution in [-0.4, -0.2) is 37.6 Å². The van der Waals surface area contributed by atoms with Gasteiger partial charge in [0.2, 0.25) is 27.7 Å². The summed E-state index contributed by atoms with van der Waals surface area (Å²) in [6, 6.07) is 5.32. The van der Waals surface area contributed by atoms with E-state index in [0.717, 1.165) is 11.3 Å². The number of amides is 3. The number of allylic oxidation sites excluding steroid dienone is 2. The van der Waals surface area contributed by atoms with Crippen molar-refractivity contribution in [1.82, 2.24) is 4.90 Å². The fourth-order valence-corrected chi connectivity index (χ4v) is 4.71. The van der Waals surface area contributed by atoms with Gasteiger partial charge in [0.1, 0.15) is 6.54 Å². The minimum absolute atomic E-state index is 0.0730. The summed E-state index contributed by atoms with van der Waals surface area (Å²) in [6.45, 7) is -0.346. The summed E-state index contributed by atoms with van der Waals surface area (Å²) in [4.78, 5) is 38.3. The molecule has 0 spiro atoms. The summed E-state index contributed by atoms with van der Waals surface area (Å²) in [6.07, 6.45) is 4.82. The molecule has 3 N–H and O–H groups in total. The van der Waals surface area contributed by atoms with E-state index < -0.39 is 15.9 Å². The molecule has 2 bridgehead atoms. The van der Waals surface area contributed by atoms with E-state index in [9.17, 15) is 22.8 Å². The molecule has 1 heterocycles. The molecule has 2 fully saturated rings. The van der Waals surface area contributed by atoms with Crippen molar-refractivity contribution in [2.45, 2.75) is 11.3 Å². The molecule has 0 unspecified atom stereocenters. The van der Waals surface area contributed by atoms with Crippen LogP contribution < -0.4 is 10.5 Å². The molecule has 1 saturated carbocycles. The third kappa shape index (κ3) is 2.63. The van der Waals surface area contributed by atoms with Crippen LogP contribution in [0.3, 0.4) is 0 Å². The first-order valence-electron chi connectivity index (χ1n) is 8.22. The number of benzene rings is 1. The molecule has 0 aromatic heterocycles. The van der Waals surface area contributed by atoms with E-state index >= 15 is 0 Å². The number of fused-ring (bicyclic) bond motifs is 5. The molecule has 4 rings (SSSR count). The third-order valence-corrected chi connectivity index (χ3v) is 6.26. The predicted octanol–water partition coefficient (Wildman–Crippen LogP) is 0.0796. The van der Waals surface area contributed by atoms with E-state index in [4.69, 9.17) is 5.14 Å². The SMILES string of the molecule is NS(=O)(=O)c1ccc(NC(=O)CN2C(=O)[C@@H]3[C@H](C2=O)[C@H]2C=C[C@H]3C2)cc1. The molecule has 3 aliphatic rings. The highest BCUT2D eigenvalue weighted by Crippen LogP contribution is 2.52. The summed E-state index contributed by atoms with van der Waals surface area (Å²) in [5, 5.41) is 7.57. The lowest BCUT2D eigenvalue weighted by atomic mass is 9.85. The van der Waals surface area contributed by atoms with Gasteiger partial charge in [0.15, 0.2) is 0 Å². The zero-order chi connectivity index (χ0) is 18.6. The van der Waals surface area contributed by atoms with Crippen molar-refractivity contribution in [1.29, 1.82) is 0 Å². The Morgan fingerprint density at radius 2 is 1.62 bits per heavy atom. The number of anilines is 1. The van der Waals surface area contributed by atoms with Gasteiger partial charge in [0, 0.05) is 5.69 Å². The van der Waals surface area contributed by atoms with E-state index in [-0.39, 0.29) is 46.9 Å². The van der Waals surface area contributed by atoms with E-state index in [1.807, 2.05) is 12.2 Å². The van der Waals surface area contributed by atoms with Crippen molar-refractivity contribution in [2.75, 3.05) is 11.9 Å². The Bertz CT molecular complexity index is 908. The van der Waals surface area contributed by atoms with Crippen molar-refractivity contribution < 1.29 is 22.8 Å². The number of carbonyl (C=O) groups is 3. The molecule has 1 aromatic carbocycles. The molecule has 1 aliphatic heterocycles. The number of primary sulfonamides is 1. The lowest BCUT2D eigenvalue weighted by molar-refractivity contribution is -0.143. The van der Waals surface area contributed by atoms with Crippen LogP contribution in [0.25, 0.3) is 0 Å². The normalized spacial score (nSPS) is 29.3. The van der Waals surface area contributed by atoms with Gasteiger partial charge in [-0.3, -0.25) is 19.3 Å². The zero-order valence-corrected chi connectivity index (χ0v) is 14.5. The first kappa shape index (κ1) is 16.9. The van der Waals surface area contributed by atoms with Gasteiger partial charge in [-0.15, -0.1) is 0 Å². The van der Waals surface area contributed by atoms with Crippen molar-refractivity contribution in [3.05, 3.63) is 36.4 Å². The summed E-state index contributed by atoms with van der Waals surface area (Å²) in [7, 11) is -3.81. The summed E-state index contributed by atoms with van der Waals surface area (Å²) in [5.41, 5.74) is 0.350. The van der Waals surface area contributed by atoms with Gasteiger partial charge in [-0.1, -0.05) is 12.2 Å². The average Bonchev–Trinajstić information content (AvgIpc) is 3.24. The van der Waals surface area contributed by atoms with Gasteiger partial charge >= 0.3 is 0 Å². The average molecular weight is 375 g/mol. The number of rotatable bonds is 4. The minimum Gasteiger partial charge on any atom is -0.325 e. The maximum Gasteiger partial charge on any atom is 0.244 e. The molecule has 1 aromatic rings. The molecule has 136 valence electrons. The van der Waals surface area contributed by atoms with E-state index in [2.05, 4.69) is 5.32 Å². The number of carbonyl (C=O) groups excluding carboxylic acids is 3. The monoisotopic (exact) mass is 375 g/mol. The van der Waals surface area contributed by atoms with Crippen LogP contribution in [0.15, 0.2) is 41.3 Å². The van der Waals surface area contributed by atoms with Crippen LogP contribution in [0.1, 0.15) is 6.42 Å². The lowest BCUT2D eigenvalue weighted by Crippen LogP contribution is -2.39. The fourth-order valence-electron chi connectivity index (χ4n) is 4.19. The minimum atomic E-state index is -3.81. The van der Waals surface area contributed by atoms with Gasteiger partial charge in [0.05, 0.1) is 16.7 Å². The van der Waals surface area contributed by atoms with Crippen molar-refractivity contribution >= 4 is 33.4 Å². The highest BCUT2D eigenvalue weighted by atomic mass is 32.2. The maximum absolute atomic E-state index is 12.5.